The van der Waals surface area contributed by atoms with E-state index < -0.39 is 0 Å². The number of benzene rings is 1. The molecule has 1 unspecified atom stereocenters. The van der Waals surface area contributed by atoms with Crippen molar-refractivity contribution in [3.63, 3.8) is 0 Å². The van der Waals surface area contributed by atoms with Crippen LogP contribution in [0.25, 0.3) is 0 Å². The van der Waals surface area contributed by atoms with Crippen molar-refractivity contribution in [2.75, 3.05) is 45.0 Å². The number of carbonyl (C=O) groups is 1. The Morgan fingerprint density at radius 3 is 2.81 bits per heavy atom. The molecular weight excluding hydrogens is 270 g/mol. The number of anilines is 2. The van der Waals surface area contributed by atoms with Crippen molar-refractivity contribution in [1.29, 1.82) is 0 Å². The molecule has 0 saturated carbocycles. The van der Waals surface area contributed by atoms with Gasteiger partial charge in [-0.3, -0.25) is 9.69 Å². The number of methoxy groups -OCH3 is 1. The van der Waals surface area contributed by atoms with Crippen LogP contribution < -0.4 is 15.8 Å². The fourth-order valence-electron chi connectivity index (χ4n) is 1.79. The van der Waals surface area contributed by atoms with Gasteiger partial charge in [-0.1, -0.05) is 0 Å². The van der Waals surface area contributed by atoms with Gasteiger partial charge in [-0.15, -0.1) is 0 Å². The molecule has 0 spiro atoms. The average Bonchev–Trinajstić information content (AvgIpc) is 2.48. The molecule has 1 atom stereocenters. The quantitative estimate of drug-likeness (QED) is 0.562. The van der Waals surface area contributed by atoms with Crippen molar-refractivity contribution in [3.8, 4) is 5.75 Å². The highest BCUT2D eigenvalue weighted by Crippen LogP contribution is 2.26. The third kappa shape index (κ3) is 5.24. The van der Waals surface area contributed by atoms with Crippen LogP contribution >= 0.6 is 0 Å². The van der Waals surface area contributed by atoms with E-state index in [0.717, 1.165) is 0 Å². The van der Waals surface area contributed by atoms with Gasteiger partial charge >= 0.3 is 0 Å². The molecule has 0 aliphatic carbocycles. The van der Waals surface area contributed by atoms with Gasteiger partial charge in [0.25, 0.3) is 0 Å². The number of rotatable bonds is 8. The van der Waals surface area contributed by atoms with Crippen molar-refractivity contribution in [2.45, 2.75) is 19.9 Å². The first-order valence-corrected chi connectivity index (χ1v) is 7.02. The molecule has 6 nitrogen and oxygen atoms in total. The van der Waals surface area contributed by atoms with Gasteiger partial charge in [-0.2, -0.15) is 0 Å². The monoisotopic (exact) mass is 295 g/mol. The van der Waals surface area contributed by atoms with Crippen molar-refractivity contribution in [2.24, 2.45) is 0 Å². The summed E-state index contributed by atoms with van der Waals surface area (Å²) in [4.78, 5) is 14.2. The van der Waals surface area contributed by atoms with Crippen LogP contribution in [-0.2, 0) is 9.53 Å². The van der Waals surface area contributed by atoms with E-state index >= 15 is 0 Å². The second-order valence-corrected chi connectivity index (χ2v) is 4.80. The van der Waals surface area contributed by atoms with Crippen LogP contribution in [0.5, 0.6) is 5.75 Å². The summed E-state index contributed by atoms with van der Waals surface area (Å²) in [7, 11) is 3.44. The zero-order chi connectivity index (χ0) is 15.8. The summed E-state index contributed by atoms with van der Waals surface area (Å²) >= 11 is 0. The zero-order valence-corrected chi connectivity index (χ0v) is 13.2. The van der Waals surface area contributed by atoms with Gasteiger partial charge in [0, 0.05) is 24.9 Å². The first kappa shape index (κ1) is 17.3. The number of nitrogens with zero attached hydrogens (tertiary/aromatic N) is 1. The highest BCUT2D eigenvalue weighted by atomic mass is 16.5. The lowest BCUT2D eigenvalue weighted by Gasteiger charge is -2.24. The standard InChI is InChI=1S/C15H25N3O3/c1-5-21-9-8-18(3)11(2)15(19)17-13-7-6-12(16)10-14(13)20-4/h6-7,10-11H,5,8-9,16H2,1-4H3,(H,17,19). The Hall–Kier alpha value is -1.79. The number of ether oxygens (including phenoxy) is 2. The van der Waals surface area contributed by atoms with Gasteiger partial charge in [-0.05, 0) is 33.0 Å². The van der Waals surface area contributed by atoms with Gasteiger partial charge < -0.3 is 20.5 Å². The van der Waals surface area contributed by atoms with E-state index in [0.29, 0.717) is 36.9 Å². The van der Waals surface area contributed by atoms with E-state index in [1.807, 2.05) is 25.8 Å². The maximum atomic E-state index is 12.3. The Morgan fingerprint density at radius 2 is 2.19 bits per heavy atom. The van der Waals surface area contributed by atoms with Crippen LogP contribution in [0.1, 0.15) is 13.8 Å². The normalized spacial score (nSPS) is 12.2. The number of likely N-dealkylation sites (N-methyl/N-ethyl adjacent to an activating group) is 1. The van der Waals surface area contributed by atoms with Crippen LogP contribution in [0.3, 0.4) is 0 Å². The second kappa shape index (κ2) is 8.49. The first-order chi connectivity index (χ1) is 9.99. The Morgan fingerprint density at radius 1 is 1.48 bits per heavy atom. The van der Waals surface area contributed by atoms with E-state index in [2.05, 4.69) is 5.32 Å². The van der Waals surface area contributed by atoms with Gasteiger partial charge in [0.2, 0.25) is 5.91 Å². The van der Waals surface area contributed by atoms with Gasteiger partial charge in [-0.25, -0.2) is 0 Å². The molecule has 0 heterocycles. The molecule has 1 amide bonds. The lowest BCUT2D eigenvalue weighted by Crippen LogP contribution is -2.41. The summed E-state index contributed by atoms with van der Waals surface area (Å²) in [5, 5.41) is 2.86. The minimum absolute atomic E-state index is 0.0999. The SMILES string of the molecule is CCOCCN(C)C(C)C(=O)Nc1ccc(N)cc1OC. The van der Waals surface area contributed by atoms with E-state index in [4.69, 9.17) is 15.2 Å². The Kier molecular flexibility index (Phi) is 6.98. The Balaban J connectivity index is 2.63. The number of carbonyl (C=O) groups excluding carboxylic acids is 1. The van der Waals surface area contributed by atoms with E-state index in [1.165, 1.54) is 0 Å². The summed E-state index contributed by atoms with van der Waals surface area (Å²) in [5.74, 6) is 0.449. The topological polar surface area (TPSA) is 76.8 Å². The minimum Gasteiger partial charge on any atom is -0.494 e. The molecule has 118 valence electrons. The Labute approximate surface area is 126 Å². The zero-order valence-electron chi connectivity index (χ0n) is 13.2. The van der Waals surface area contributed by atoms with Crippen LogP contribution in [0, 0.1) is 0 Å². The fourth-order valence-corrected chi connectivity index (χ4v) is 1.79. The maximum absolute atomic E-state index is 12.3. The molecule has 0 aromatic heterocycles. The third-order valence-corrected chi connectivity index (χ3v) is 3.32. The molecule has 0 aliphatic heterocycles. The molecule has 0 bridgehead atoms. The minimum atomic E-state index is -0.271. The summed E-state index contributed by atoms with van der Waals surface area (Å²) < 4.78 is 10.5. The molecule has 0 fully saturated rings. The number of nitrogens with two attached hydrogens (primary N) is 1. The summed E-state index contributed by atoms with van der Waals surface area (Å²) in [6.45, 7) is 5.78. The Bertz CT molecular complexity index is 465. The molecule has 21 heavy (non-hydrogen) atoms. The molecule has 0 aliphatic rings. The van der Waals surface area contributed by atoms with Crippen LogP contribution in [0.4, 0.5) is 11.4 Å². The van der Waals surface area contributed by atoms with Crippen molar-refractivity contribution >= 4 is 17.3 Å². The molecular formula is C15H25N3O3. The molecule has 6 heteroatoms. The summed E-state index contributed by atoms with van der Waals surface area (Å²) in [5.41, 5.74) is 6.90. The molecule has 1 aromatic rings. The van der Waals surface area contributed by atoms with E-state index in [1.54, 1.807) is 25.3 Å². The number of amides is 1. The predicted molar refractivity (Wildman–Crippen MR) is 84.6 cm³/mol. The highest BCUT2D eigenvalue weighted by molar-refractivity contribution is 5.96. The second-order valence-electron chi connectivity index (χ2n) is 4.80. The lowest BCUT2D eigenvalue weighted by atomic mass is 10.2. The van der Waals surface area contributed by atoms with Crippen molar-refractivity contribution in [1.82, 2.24) is 4.90 Å². The van der Waals surface area contributed by atoms with Crippen LogP contribution in [0.2, 0.25) is 0 Å². The van der Waals surface area contributed by atoms with Crippen molar-refractivity contribution < 1.29 is 14.3 Å². The number of nitrogen functional groups attached to an aromatic ring is 1. The fraction of sp³-hybridized carbons (Fsp3) is 0.533. The van der Waals surface area contributed by atoms with Gasteiger partial charge in [0.15, 0.2) is 0 Å². The van der Waals surface area contributed by atoms with Gasteiger partial charge in [0.05, 0.1) is 25.4 Å². The number of hydrogen-bond acceptors (Lipinski definition) is 5. The smallest absolute Gasteiger partial charge is 0.241 e. The summed E-state index contributed by atoms with van der Waals surface area (Å²) in [6, 6.07) is 4.87. The predicted octanol–water partition coefficient (Wildman–Crippen LogP) is 1.57. The molecule has 0 saturated heterocycles. The van der Waals surface area contributed by atoms with Crippen LogP contribution in [-0.4, -0.2) is 50.8 Å². The summed E-state index contributed by atoms with van der Waals surface area (Å²) in [6.07, 6.45) is 0. The largest absolute Gasteiger partial charge is 0.494 e. The first-order valence-electron chi connectivity index (χ1n) is 7.02. The molecule has 1 rings (SSSR count). The van der Waals surface area contributed by atoms with E-state index in [9.17, 15) is 4.79 Å². The van der Waals surface area contributed by atoms with Crippen molar-refractivity contribution in [3.05, 3.63) is 18.2 Å². The van der Waals surface area contributed by atoms with Crippen LogP contribution in [0.15, 0.2) is 18.2 Å². The van der Waals surface area contributed by atoms with Gasteiger partial charge in [0.1, 0.15) is 5.75 Å². The lowest BCUT2D eigenvalue weighted by molar-refractivity contribution is -0.120. The molecule has 3 N–H and O–H groups in total. The maximum Gasteiger partial charge on any atom is 0.241 e. The average molecular weight is 295 g/mol. The third-order valence-electron chi connectivity index (χ3n) is 3.32. The van der Waals surface area contributed by atoms with E-state index in [-0.39, 0.29) is 11.9 Å². The number of nitrogens with one attached hydrogen (secondary N) is 1. The molecule has 1 aromatic carbocycles. The highest BCUT2D eigenvalue weighted by Gasteiger charge is 2.19. The molecule has 0 radical (unpaired) electrons. The number of hydrogen-bond donors (Lipinski definition) is 2.